The summed E-state index contributed by atoms with van der Waals surface area (Å²) in [6.07, 6.45) is 0. The number of carbonyl (C=O) groups excluding carboxylic acids is 1. The lowest BCUT2D eigenvalue weighted by molar-refractivity contribution is 0.0973. The first kappa shape index (κ1) is 11.4. The number of halogens is 2. The molecule has 0 spiro atoms. The van der Waals surface area contributed by atoms with Crippen LogP contribution in [0.5, 0.6) is 0 Å². The van der Waals surface area contributed by atoms with Gasteiger partial charge < -0.3 is 0 Å². The number of hydrogen-bond donors (Lipinski definition) is 0. The molecule has 0 aliphatic carbocycles. The van der Waals surface area contributed by atoms with Crippen LogP contribution >= 0.6 is 31.9 Å². The highest BCUT2D eigenvalue weighted by atomic mass is 79.9. The number of fused-ring (bicyclic) bond motifs is 5. The van der Waals surface area contributed by atoms with E-state index in [0.29, 0.717) is 5.56 Å². The predicted molar refractivity (Wildman–Crippen MR) is 80.3 cm³/mol. The summed E-state index contributed by atoms with van der Waals surface area (Å²) in [5, 5.41) is 0. The van der Waals surface area contributed by atoms with Gasteiger partial charge in [0.15, 0.2) is 0 Å². The van der Waals surface area contributed by atoms with Crippen molar-refractivity contribution in [3.05, 3.63) is 50.9 Å². The molecule has 0 unspecified atom stereocenters. The maximum atomic E-state index is 12.5. The fraction of sp³-hybridized carbons (Fsp3) is 0. The third-order valence-electron chi connectivity index (χ3n) is 3.27. The third kappa shape index (κ3) is 1.48. The molecule has 1 aromatic heterocycles. The summed E-state index contributed by atoms with van der Waals surface area (Å²) in [7, 11) is 0. The zero-order chi connectivity index (χ0) is 13.1. The van der Waals surface area contributed by atoms with Crippen LogP contribution in [0.1, 0.15) is 10.4 Å². The van der Waals surface area contributed by atoms with Gasteiger partial charge in [-0.15, -0.1) is 0 Å². The van der Waals surface area contributed by atoms with Gasteiger partial charge in [0.2, 0.25) is 0 Å². The Labute approximate surface area is 125 Å². The van der Waals surface area contributed by atoms with Crippen LogP contribution < -0.4 is 0 Å². The third-order valence-corrected chi connectivity index (χ3v) is 4.26. The maximum Gasteiger partial charge on any atom is 0.264 e. The molecule has 2 heterocycles. The van der Waals surface area contributed by atoms with Gasteiger partial charge in [0.25, 0.3) is 5.91 Å². The molecule has 1 aliphatic rings. The number of hydrogen-bond acceptors (Lipinski definition) is 2. The van der Waals surface area contributed by atoms with Gasteiger partial charge in [0, 0.05) is 14.5 Å². The van der Waals surface area contributed by atoms with Crippen LogP contribution in [0, 0.1) is 0 Å². The first-order chi connectivity index (χ1) is 9.15. The van der Waals surface area contributed by atoms with Crippen LogP contribution in [-0.4, -0.2) is 15.5 Å². The molecule has 0 radical (unpaired) electrons. The Balaban J connectivity index is 2.12. The summed E-state index contributed by atoms with van der Waals surface area (Å²) in [5.74, 6) is 0.701. The Morgan fingerprint density at radius 3 is 2.53 bits per heavy atom. The number of aromatic nitrogens is 2. The molecule has 0 amide bonds. The molecule has 3 nitrogen and oxygen atoms in total. The highest BCUT2D eigenvalue weighted by Crippen LogP contribution is 2.36. The van der Waals surface area contributed by atoms with Crippen LogP contribution in [0.15, 0.2) is 45.3 Å². The van der Waals surface area contributed by atoms with E-state index in [0.717, 1.165) is 31.4 Å². The Kier molecular flexibility index (Phi) is 2.26. The summed E-state index contributed by atoms with van der Waals surface area (Å²) in [6, 6.07) is 11.5. The molecule has 19 heavy (non-hydrogen) atoms. The zero-order valence-electron chi connectivity index (χ0n) is 9.52. The van der Waals surface area contributed by atoms with Crippen LogP contribution in [0.4, 0.5) is 0 Å². The van der Waals surface area contributed by atoms with Gasteiger partial charge >= 0.3 is 0 Å². The van der Waals surface area contributed by atoms with Crippen LogP contribution in [0.2, 0.25) is 0 Å². The Bertz CT molecular complexity index is 867. The van der Waals surface area contributed by atoms with Crippen LogP contribution in [0.3, 0.4) is 0 Å². The number of benzene rings is 2. The molecule has 3 aromatic rings. The number of nitrogens with zero attached hydrogens (tertiary/aromatic N) is 2. The van der Waals surface area contributed by atoms with Crippen molar-refractivity contribution in [3.63, 3.8) is 0 Å². The molecule has 0 bridgehead atoms. The largest absolute Gasteiger partial charge is 0.268 e. The standard InChI is InChI=1S/C14H6Br2N2O/c15-7-1-3-9-10(5-7)14(19)18-12-6-8(16)2-4-11(12)17-13(9)18/h1-6H. The van der Waals surface area contributed by atoms with E-state index in [1.165, 1.54) is 0 Å². The monoisotopic (exact) mass is 376 g/mol. The number of rotatable bonds is 0. The zero-order valence-corrected chi connectivity index (χ0v) is 12.7. The van der Waals surface area contributed by atoms with E-state index < -0.39 is 0 Å². The van der Waals surface area contributed by atoms with Crippen molar-refractivity contribution in [3.8, 4) is 11.4 Å². The highest BCUT2D eigenvalue weighted by molar-refractivity contribution is 9.10. The molecular weight excluding hydrogens is 372 g/mol. The van der Waals surface area contributed by atoms with Crippen molar-refractivity contribution in [2.75, 3.05) is 0 Å². The molecule has 0 saturated heterocycles. The van der Waals surface area contributed by atoms with Gasteiger partial charge in [-0.3, -0.25) is 9.36 Å². The summed E-state index contributed by atoms with van der Waals surface area (Å²) >= 11 is 6.83. The van der Waals surface area contributed by atoms with E-state index in [1.54, 1.807) is 4.57 Å². The summed E-state index contributed by atoms with van der Waals surface area (Å²) in [4.78, 5) is 17.1. The lowest BCUT2D eigenvalue weighted by Gasteiger charge is -1.99. The molecule has 4 rings (SSSR count). The van der Waals surface area contributed by atoms with Gasteiger partial charge in [-0.1, -0.05) is 31.9 Å². The predicted octanol–water partition coefficient (Wildman–Crippen LogP) is 4.23. The van der Waals surface area contributed by atoms with Crippen molar-refractivity contribution < 1.29 is 4.79 Å². The van der Waals surface area contributed by atoms with Crippen molar-refractivity contribution in [2.45, 2.75) is 0 Å². The molecule has 5 heteroatoms. The van der Waals surface area contributed by atoms with E-state index >= 15 is 0 Å². The maximum absolute atomic E-state index is 12.5. The Morgan fingerprint density at radius 2 is 1.68 bits per heavy atom. The normalized spacial score (nSPS) is 12.8. The molecule has 0 fully saturated rings. The Hall–Kier alpha value is -1.46. The summed E-state index contributed by atoms with van der Waals surface area (Å²) in [5.41, 5.74) is 3.25. The van der Waals surface area contributed by atoms with Crippen LogP contribution in [-0.2, 0) is 0 Å². The highest BCUT2D eigenvalue weighted by Gasteiger charge is 2.30. The first-order valence-corrected chi connectivity index (χ1v) is 7.26. The molecule has 0 saturated carbocycles. The minimum atomic E-state index is -0.0214. The van der Waals surface area contributed by atoms with Gasteiger partial charge in [-0.25, -0.2) is 4.98 Å². The molecule has 92 valence electrons. The Morgan fingerprint density at radius 1 is 0.947 bits per heavy atom. The van der Waals surface area contributed by atoms with Crippen molar-refractivity contribution in [1.82, 2.24) is 9.55 Å². The average Bonchev–Trinajstić information content (AvgIpc) is 2.87. The minimum Gasteiger partial charge on any atom is -0.268 e. The van der Waals surface area contributed by atoms with Crippen molar-refractivity contribution >= 4 is 48.8 Å². The van der Waals surface area contributed by atoms with Gasteiger partial charge in [0.05, 0.1) is 16.6 Å². The SMILES string of the molecule is O=C1c2cc(Br)ccc2-c2nc3ccc(Br)cc3n21. The van der Waals surface area contributed by atoms with Crippen molar-refractivity contribution in [1.29, 1.82) is 0 Å². The van der Waals surface area contributed by atoms with Gasteiger partial charge in [-0.2, -0.15) is 0 Å². The number of carbonyl (C=O) groups is 1. The molecule has 0 atom stereocenters. The lowest BCUT2D eigenvalue weighted by Crippen LogP contribution is -2.05. The summed E-state index contributed by atoms with van der Waals surface area (Å²) in [6.45, 7) is 0. The van der Waals surface area contributed by atoms with Crippen molar-refractivity contribution in [2.24, 2.45) is 0 Å². The molecule has 1 aliphatic heterocycles. The minimum absolute atomic E-state index is 0.0214. The van der Waals surface area contributed by atoms with Gasteiger partial charge in [0.1, 0.15) is 5.82 Å². The van der Waals surface area contributed by atoms with Crippen LogP contribution in [0.25, 0.3) is 22.4 Å². The van der Waals surface area contributed by atoms with E-state index in [-0.39, 0.29) is 5.91 Å². The first-order valence-electron chi connectivity index (χ1n) is 5.68. The topological polar surface area (TPSA) is 34.9 Å². The fourth-order valence-corrected chi connectivity index (χ4v) is 3.15. The van der Waals surface area contributed by atoms with E-state index in [9.17, 15) is 4.79 Å². The molecular formula is C14H6Br2N2O. The number of imidazole rings is 1. The second-order valence-corrected chi connectivity index (χ2v) is 6.23. The lowest BCUT2D eigenvalue weighted by atomic mass is 10.1. The smallest absolute Gasteiger partial charge is 0.264 e. The molecule has 2 aromatic carbocycles. The summed E-state index contributed by atoms with van der Waals surface area (Å²) < 4.78 is 3.51. The quantitative estimate of drug-likeness (QED) is 0.459. The van der Waals surface area contributed by atoms with E-state index in [1.807, 2.05) is 36.4 Å². The van der Waals surface area contributed by atoms with E-state index in [2.05, 4.69) is 36.8 Å². The second-order valence-electron chi connectivity index (χ2n) is 4.40. The second kappa shape index (κ2) is 3.77. The molecule has 0 N–H and O–H groups in total. The van der Waals surface area contributed by atoms with E-state index in [4.69, 9.17) is 0 Å². The van der Waals surface area contributed by atoms with Gasteiger partial charge in [-0.05, 0) is 36.4 Å². The fourth-order valence-electron chi connectivity index (χ4n) is 2.44. The average molecular weight is 378 g/mol.